The molecule has 156 valence electrons. The predicted molar refractivity (Wildman–Crippen MR) is 99.4 cm³/mol. The third kappa shape index (κ3) is 67.6. The van der Waals surface area contributed by atoms with Crippen LogP contribution in [-0.4, -0.2) is 44.3 Å². The molecule has 0 aromatic carbocycles. The van der Waals surface area contributed by atoms with Gasteiger partial charge in [0.2, 0.25) is 0 Å². The van der Waals surface area contributed by atoms with E-state index in [1.54, 1.807) is 6.92 Å². The highest BCUT2D eigenvalue weighted by atomic mass is 16.4. The third-order valence-electron chi connectivity index (χ3n) is 2.50. The fourth-order valence-electron chi connectivity index (χ4n) is 1.07. The molecular formula is C18H36O8. The van der Waals surface area contributed by atoms with Gasteiger partial charge in [-0.2, -0.15) is 0 Å². The van der Waals surface area contributed by atoms with E-state index in [-0.39, 0.29) is 6.42 Å². The topological polar surface area (TPSA) is 149 Å². The van der Waals surface area contributed by atoms with E-state index >= 15 is 0 Å². The molecular weight excluding hydrogens is 344 g/mol. The number of carboxylic acids is 4. The fourth-order valence-corrected chi connectivity index (χ4v) is 1.07. The molecule has 8 nitrogen and oxygen atoms in total. The molecule has 4 N–H and O–H groups in total. The number of hydrogen-bond donors (Lipinski definition) is 4. The van der Waals surface area contributed by atoms with Crippen LogP contribution in [0.5, 0.6) is 0 Å². The number of rotatable bonds is 10. The summed E-state index contributed by atoms with van der Waals surface area (Å²) in [5, 5.41) is 31.8. The lowest BCUT2D eigenvalue weighted by Gasteiger charge is -1.89. The van der Waals surface area contributed by atoms with Gasteiger partial charge in [0.25, 0.3) is 0 Å². The highest BCUT2D eigenvalue weighted by Crippen LogP contribution is 1.97. The molecule has 0 unspecified atom stereocenters. The maximum Gasteiger partial charge on any atom is 0.303 e. The lowest BCUT2D eigenvalue weighted by atomic mass is 10.2. The maximum absolute atomic E-state index is 9.87. The molecule has 0 saturated heterocycles. The van der Waals surface area contributed by atoms with E-state index in [2.05, 4.69) is 6.92 Å². The van der Waals surface area contributed by atoms with Gasteiger partial charge in [-0.25, -0.2) is 0 Å². The SMILES string of the molecule is CCC(=O)O.CCCC(=O)O.CCCCC(=O)O.CCCCCC(=O)O. The fraction of sp³-hybridized carbons (Fsp3) is 0.778. The van der Waals surface area contributed by atoms with Crippen molar-refractivity contribution in [3.05, 3.63) is 0 Å². The van der Waals surface area contributed by atoms with E-state index in [0.717, 1.165) is 38.5 Å². The van der Waals surface area contributed by atoms with Crippen LogP contribution in [0.2, 0.25) is 0 Å². The van der Waals surface area contributed by atoms with Gasteiger partial charge in [0.1, 0.15) is 0 Å². The Labute approximate surface area is 156 Å². The minimum absolute atomic E-state index is 0.222. The lowest BCUT2D eigenvalue weighted by Crippen LogP contribution is -1.92. The number of carboxylic acid groups (broad SMARTS) is 4. The zero-order valence-corrected chi connectivity index (χ0v) is 16.5. The van der Waals surface area contributed by atoms with Gasteiger partial charge in [-0.15, -0.1) is 0 Å². The zero-order valence-electron chi connectivity index (χ0n) is 16.5. The van der Waals surface area contributed by atoms with Crippen LogP contribution in [0.4, 0.5) is 0 Å². The van der Waals surface area contributed by atoms with Gasteiger partial charge in [0.15, 0.2) is 0 Å². The molecule has 0 aliphatic carbocycles. The molecule has 0 aliphatic rings. The second-order valence-corrected chi connectivity index (χ2v) is 5.24. The average molecular weight is 380 g/mol. The van der Waals surface area contributed by atoms with Crippen molar-refractivity contribution in [1.29, 1.82) is 0 Å². The van der Waals surface area contributed by atoms with Crippen LogP contribution < -0.4 is 0 Å². The summed E-state index contributed by atoms with van der Waals surface area (Å²) in [4.78, 5) is 38.6. The van der Waals surface area contributed by atoms with Crippen molar-refractivity contribution < 1.29 is 39.6 Å². The molecule has 0 fully saturated rings. The number of hydrogen-bond acceptors (Lipinski definition) is 4. The van der Waals surface area contributed by atoms with Crippen molar-refractivity contribution in [1.82, 2.24) is 0 Å². The summed E-state index contributed by atoms with van der Waals surface area (Å²) < 4.78 is 0. The molecule has 26 heavy (non-hydrogen) atoms. The van der Waals surface area contributed by atoms with Gasteiger partial charge in [-0.05, 0) is 19.3 Å². The normalized spacial score (nSPS) is 8.46. The van der Waals surface area contributed by atoms with Crippen molar-refractivity contribution >= 4 is 23.9 Å². The molecule has 0 bridgehead atoms. The second-order valence-electron chi connectivity index (χ2n) is 5.24. The Bertz CT molecular complexity index is 353. The van der Waals surface area contributed by atoms with E-state index < -0.39 is 23.9 Å². The van der Waals surface area contributed by atoms with Crippen LogP contribution in [0.3, 0.4) is 0 Å². The molecule has 0 saturated carbocycles. The lowest BCUT2D eigenvalue weighted by molar-refractivity contribution is -0.138. The van der Waals surface area contributed by atoms with Crippen LogP contribution in [0.15, 0.2) is 0 Å². The van der Waals surface area contributed by atoms with Gasteiger partial charge in [-0.1, -0.05) is 47.0 Å². The number of unbranched alkanes of at least 4 members (excludes halogenated alkanes) is 3. The molecule has 0 rings (SSSR count). The average Bonchev–Trinajstić information content (AvgIpc) is 2.54. The molecule has 0 spiro atoms. The van der Waals surface area contributed by atoms with Crippen molar-refractivity contribution in [2.24, 2.45) is 0 Å². The van der Waals surface area contributed by atoms with Crippen molar-refractivity contribution in [2.75, 3.05) is 0 Å². The van der Waals surface area contributed by atoms with Gasteiger partial charge >= 0.3 is 23.9 Å². The number of carbonyl (C=O) groups is 4. The van der Waals surface area contributed by atoms with Crippen molar-refractivity contribution in [3.63, 3.8) is 0 Å². The Morgan fingerprint density at radius 2 is 0.846 bits per heavy atom. The van der Waals surface area contributed by atoms with Gasteiger partial charge in [-0.3, -0.25) is 19.2 Å². The van der Waals surface area contributed by atoms with Gasteiger partial charge in [0, 0.05) is 25.7 Å². The molecule has 0 amide bonds. The summed E-state index contributed by atoms with van der Waals surface area (Å²) in [5.74, 6) is -2.83. The Morgan fingerprint density at radius 3 is 1.00 bits per heavy atom. The van der Waals surface area contributed by atoms with E-state index in [1.165, 1.54) is 0 Å². The molecule has 0 radical (unpaired) electrons. The van der Waals surface area contributed by atoms with E-state index in [1.807, 2.05) is 13.8 Å². The summed E-state index contributed by atoms with van der Waals surface area (Å²) in [6.07, 6.45) is 6.60. The largest absolute Gasteiger partial charge is 0.481 e. The smallest absolute Gasteiger partial charge is 0.303 e. The minimum Gasteiger partial charge on any atom is -0.481 e. The summed E-state index contributed by atoms with van der Waals surface area (Å²) in [5.41, 5.74) is 0. The van der Waals surface area contributed by atoms with Crippen LogP contribution in [0.1, 0.15) is 91.9 Å². The first kappa shape index (κ1) is 31.6. The quantitative estimate of drug-likeness (QED) is 0.410. The van der Waals surface area contributed by atoms with Crippen molar-refractivity contribution in [3.8, 4) is 0 Å². The predicted octanol–water partition coefficient (Wildman–Crippen LogP) is 4.26. The molecule has 0 aliphatic heterocycles. The highest BCUT2D eigenvalue weighted by molar-refractivity contribution is 5.67. The van der Waals surface area contributed by atoms with E-state index in [4.69, 9.17) is 20.4 Å². The molecule has 0 aromatic rings. The first-order valence-electron chi connectivity index (χ1n) is 8.95. The molecule has 0 atom stereocenters. The standard InChI is InChI=1S/C6H12O2.C5H10O2.C4H8O2.C3H6O2/c1-2-3-4-5-6(7)8;1-2-3-4-5(6)7;1-2-3-4(5)6;1-2-3(4)5/h2-5H2,1H3,(H,7,8);2-4H2,1H3,(H,6,7);2-3H2,1H3,(H,5,6);2H2,1H3,(H,4,5). The van der Waals surface area contributed by atoms with Gasteiger partial charge in [0.05, 0.1) is 0 Å². The summed E-state index contributed by atoms with van der Waals surface area (Å²) in [7, 11) is 0. The Hall–Kier alpha value is -2.12. The highest BCUT2D eigenvalue weighted by Gasteiger charge is 1.93. The van der Waals surface area contributed by atoms with Crippen molar-refractivity contribution in [2.45, 2.75) is 91.9 Å². The van der Waals surface area contributed by atoms with Crippen LogP contribution in [0, 0.1) is 0 Å². The zero-order chi connectivity index (χ0) is 21.4. The van der Waals surface area contributed by atoms with E-state index in [9.17, 15) is 19.2 Å². The third-order valence-corrected chi connectivity index (χ3v) is 2.50. The first-order chi connectivity index (χ1) is 12.1. The minimum atomic E-state index is -0.745. The monoisotopic (exact) mass is 380 g/mol. The Kier molecular flexibility index (Phi) is 33.7. The molecule has 0 heterocycles. The molecule has 0 aromatic heterocycles. The van der Waals surface area contributed by atoms with Crippen LogP contribution in [-0.2, 0) is 19.2 Å². The molecule has 8 heteroatoms. The summed E-state index contributed by atoms with van der Waals surface area (Å²) >= 11 is 0. The maximum atomic E-state index is 9.87. The second kappa shape index (κ2) is 27.7. The van der Waals surface area contributed by atoms with Crippen LogP contribution in [0.25, 0.3) is 0 Å². The van der Waals surface area contributed by atoms with Crippen LogP contribution >= 0.6 is 0 Å². The summed E-state index contributed by atoms with van der Waals surface area (Å²) in [6, 6.07) is 0. The van der Waals surface area contributed by atoms with E-state index in [0.29, 0.717) is 19.3 Å². The summed E-state index contributed by atoms with van der Waals surface area (Å²) in [6.45, 7) is 7.47. The Balaban J connectivity index is -0.000000126. The first-order valence-corrected chi connectivity index (χ1v) is 8.95. The van der Waals surface area contributed by atoms with Gasteiger partial charge < -0.3 is 20.4 Å². The Morgan fingerprint density at radius 1 is 0.500 bits per heavy atom. The number of aliphatic carboxylic acids is 4.